The van der Waals surface area contributed by atoms with Gasteiger partial charge in [-0.3, -0.25) is 4.79 Å². The summed E-state index contributed by atoms with van der Waals surface area (Å²) >= 11 is 0. The lowest BCUT2D eigenvalue weighted by atomic mass is 9.72. The summed E-state index contributed by atoms with van der Waals surface area (Å²) in [5.74, 6) is -2.82. The molecule has 0 radical (unpaired) electrons. The molecular formula is C26H26F7NO2. The number of alkyl halides is 6. The third-order valence-electron chi connectivity index (χ3n) is 7.70. The molecule has 3 nitrogen and oxygen atoms in total. The van der Waals surface area contributed by atoms with Gasteiger partial charge in [0.25, 0.3) is 0 Å². The second-order valence-corrected chi connectivity index (χ2v) is 9.92. The zero-order valence-corrected chi connectivity index (χ0v) is 19.6. The summed E-state index contributed by atoms with van der Waals surface area (Å²) in [6, 6.07) is 6.70. The second kappa shape index (κ2) is 9.36. The van der Waals surface area contributed by atoms with Crippen LogP contribution < -0.4 is 0 Å². The van der Waals surface area contributed by atoms with Crippen LogP contribution in [0.4, 0.5) is 30.7 Å². The summed E-state index contributed by atoms with van der Waals surface area (Å²) in [7, 11) is 0. The SMILES string of the molecule is CC(O)C1CC(=O)N2C[C@H]([C@H](C)c3cc(C(F)(F)F)cc(C(F)(F)F)c3)C(c3ccc(F)cc3)[C@@H]2C1. The molecular weight excluding hydrogens is 491 g/mol. The topological polar surface area (TPSA) is 40.5 Å². The van der Waals surface area contributed by atoms with Crippen molar-refractivity contribution in [2.24, 2.45) is 11.8 Å². The average Bonchev–Trinajstić information content (AvgIpc) is 3.17. The van der Waals surface area contributed by atoms with Gasteiger partial charge in [0.1, 0.15) is 5.82 Å². The fourth-order valence-electron chi connectivity index (χ4n) is 5.73. The fraction of sp³-hybridized carbons (Fsp3) is 0.500. The van der Waals surface area contributed by atoms with Gasteiger partial charge in [-0.2, -0.15) is 26.3 Å². The highest BCUT2D eigenvalue weighted by Gasteiger charge is 2.50. The molecule has 6 atom stereocenters. The number of hydrogen-bond donors (Lipinski definition) is 1. The number of amides is 1. The Balaban J connectivity index is 1.80. The smallest absolute Gasteiger partial charge is 0.393 e. The Morgan fingerprint density at radius 1 is 0.944 bits per heavy atom. The van der Waals surface area contributed by atoms with Crippen molar-refractivity contribution in [3.63, 3.8) is 0 Å². The number of benzene rings is 2. The molecule has 2 heterocycles. The molecule has 0 saturated carbocycles. The molecule has 2 fully saturated rings. The lowest BCUT2D eigenvalue weighted by molar-refractivity contribution is -0.143. The molecule has 2 aliphatic heterocycles. The van der Waals surface area contributed by atoms with Gasteiger partial charge in [0, 0.05) is 24.9 Å². The normalized spacial score (nSPS) is 26.6. The number of rotatable bonds is 4. The monoisotopic (exact) mass is 517 g/mol. The first-order valence-corrected chi connectivity index (χ1v) is 11.7. The van der Waals surface area contributed by atoms with Gasteiger partial charge in [0.2, 0.25) is 5.91 Å². The van der Waals surface area contributed by atoms with E-state index in [-0.39, 0.29) is 36.4 Å². The standard InChI is InChI=1S/C26H26F7NO2/c1-13(16-7-18(25(28,29)30)11-19(8-16)26(31,32)33)21-12-34-22(9-17(14(2)35)10-23(34)36)24(21)15-3-5-20(27)6-4-15/h3-8,11,13-14,17,21-22,24,35H,9-10,12H2,1-2H3/t13-,14?,17?,21-,22+,24?/m1/s1. The summed E-state index contributed by atoms with van der Waals surface area (Å²) in [6.07, 6.45) is -10.2. The number of fused-ring (bicyclic) bond motifs is 1. The van der Waals surface area contributed by atoms with Crippen molar-refractivity contribution in [3.05, 3.63) is 70.5 Å². The van der Waals surface area contributed by atoms with Crippen molar-refractivity contribution in [1.29, 1.82) is 0 Å². The van der Waals surface area contributed by atoms with E-state index in [9.17, 15) is 40.6 Å². The largest absolute Gasteiger partial charge is 0.416 e. The molecule has 0 spiro atoms. The molecule has 2 saturated heterocycles. The Hall–Kier alpha value is -2.62. The van der Waals surface area contributed by atoms with Crippen molar-refractivity contribution in [2.45, 2.75) is 63.0 Å². The number of nitrogens with zero attached hydrogens (tertiary/aromatic N) is 1. The van der Waals surface area contributed by atoms with Crippen molar-refractivity contribution in [3.8, 4) is 0 Å². The van der Waals surface area contributed by atoms with Crippen molar-refractivity contribution < 1.29 is 40.6 Å². The molecule has 3 unspecified atom stereocenters. The van der Waals surface area contributed by atoms with Crippen LogP contribution in [0.5, 0.6) is 0 Å². The minimum Gasteiger partial charge on any atom is -0.393 e. The number of halogens is 7. The van der Waals surface area contributed by atoms with Crippen LogP contribution in [0.3, 0.4) is 0 Å². The van der Waals surface area contributed by atoms with Gasteiger partial charge in [-0.05, 0) is 72.6 Å². The van der Waals surface area contributed by atoms with E-state index in [0.29, 0.717) is 12.0 Å². The quantitative estimate of drug-likeness (QED) is 0.479. The summed E-state index contributed by atoms with van der Waals surface area (Å²) in [5.41, 5.74) is -2.27. The highest BCUT2D eigenvalue weighted by Crippen LogP contribution is 2.50. The predicted molar refractivity (Wildman–Crippen MR) is 117 cm³/mol. The molecule has 2 aromatic carbocycles. The Morgan fingerprint density at radius 3 is 2.00 bits per heavy atom. The van der Waals surface area contributed by atoms with Gasteiger partial charge >= 0.3 is 12.4 Å². The van der Waals surface area contributed by atoms with Crippen LogP contribution in [0.1, 0.15) is 60.8 Å². The number of carbonyl (C=O) groups is 1. The van der Waals surface area contributed by atoms with E-state index < -0.39 is 59.2 Å². The van der Waals surface area contributed by atoms with Crippen molar-refractivity contribution >= 4 is 5.91 Å². The third-order valence-corrected chi connectivity index (χ3v) is 7.70. The fourth-order valence-corrected chi connectivity index (χ4v) is 5.73. The van der Waals surface area contributed by atoms with E-state index >= 15 is 0 Å². The number of piperidine rings is 1. The van der Waals surface area contributed by atoms with Crippen LogP contribution in [-0.2, 0) is 17.1 Å². The summed E-state index contributed by atoms with van der Waals surface area (Å²) in [5, 5.41) is 10.1. The molecule has 10 heteroatoms. The average molecular weight is 517 g/mol. The van der Waals surface area contributed by atoms with Crippen LogP contribution in [0, 0.1) is 17.7 Å². The van der Waals surface area contributed by atoms with E-state index in [1.165, 1.54) is 24.3 Å². The number of hydrogen-bond acceptors (Lipinski definition) is 2. The second-order valence-electron chi connectivity index (χ2n) is 9.92. The highest BCUT2D eigenvalue weighted by atomic mass is 19.4. The van der Waals surface area contributed by atoms with Crippen LogP contribution in [-0.4, -0.2) is 34.6 Å². The molecule has 2 aliphatic rings. The van der Waals surface area contributed by atoms with Crippen LogP contribution >= 0.6 is 0 Å². The van der Waals surface area contributed by atoms with Crippen LogP contribution in [0.25, 0.3) is 0 Å². The van der Waals surface area contributed by atoms with Gasteiger partial charge in [0.05, 0.1) is 17.2 Å². The Kier molecular flexibility index (Phi) is 6.87. The zero-order chi connectivity index (χ0) is 26.6. The highest BCUT2D eigenvalue weighted by molar-refractivity contribution is 5.78. The Labute approximate surface area is 203 Å². The molecule has 36 heavy (non-hydrogen) atoms. The van der Waals surface area contributed by atoms with Gasteiger partial charge < -0.3 is 10.0 Å². The third kappa shape index (κ3) is 5.10. The zero-order valence-electron chi connectivity index (χ0n) is 19.6. The first-order valence-electron chi connectivity index (χ1n) is 11.7. The molecule has 1 amide bonds. The van der Waals surface area contributed by atoms with Gasteiger partial charge in [-0.1, -0.05) is 19.1 Å². The number of aliphatic hydroxyl groups excluding tert-OH is 1. The minimum absolute atomic E-state index is 0.0996. The Bertz CT molecular complexity index is 1080. The lowest BCUT2D eigenvalue weighted by Crippen LogP contribution is -2.46. The van der Waals surface area contributed by atoms with Crippen molar-refractivity contribution in [2.75, 3.05) is 6.54 Å². The molecule has 0 bridgehead atoms. The molecule has 0 aromatic heterocycles. The molecule has 196 valence electrons. The summed E-state index contributed by atoms with van der Waals surface area (Å²) < 4.78 is 94.6. The van der Waals surface area contributed by atoms with E-state index in [1.807, 2.05) is 0 Å². The van der Waals surface area contributed by atoms with Gasteiger partial charge in [0.15, 0.2) is 0 Å². The first kappa shape index (κ1) is 26.4. The summed E-state index contributed by atoms with van der Waals surface area (Å²) in [6.45, 7) is 3.28. The molecule has 0 aliphatic carbocycles. The number of aliphatic hydroxyl groups is 1. The maximum absolute atomic E-state index is 13.7. The maximum atomic E-state index is 13.7. The van der Waals surface area contributed by atoms with Crippen molar-refractivity contribution in [1.82, 2.24) is 4.90 Å². The predicted octanol–water partition coefficient (Wildman–Crippen LogP) is 6.37. The molecule has 2 aromatic rings. The lowest BCUT2D eigenvalue weighted by Gasteiger charge is -2.38. The Morgan fingerprint density at radius 2 is 1.50 bits per heavy atom. The summed E-state index contributed by atoms with van der Waals surface area (Å²) in [4.78, 5) is 14.6. The van der Waals surface area contributed by atoms with E-state index in [2.05, 4.69) is 0 Å². The van der Waals surface area contributed by atoms with Gasteiger partial charge in [-0.25, -0.2) is 4.39 Å². The van der Waals surface area contributed by atoms with E-state index in [4.69, 9.17) is 0 Å². The maximum Gasteiger partial charge on any atom is 0.416 e. The minimum atomic E-state index is -4.97. The van der Waals surface area contributed by atoms with Crippen LogP contribution in [0.2, 0.25) is 0 Å². The molecule has 4 rings (SSSR count). The van der Waals surface area contributed by atoms with E-state index in [1.54, 1.807) is 18.7 Å². The van der Waals surface area contributed by atoms with E-state index in [0.717, 1.165) is 12.1 Å². The first-order chi connectivity index (χ1) is 16.7. The number of carbonyl (C=O) groups excluding carboxylic acids is 1. The molecule has 1 N–H and O–H groups in total. The van der Waals surface area contributed by atoms with Gasteiger partial charge in [-0.15, -0.1) is 0 Å². The van der Waals surface area contributed by atoms with Crippen LogP contribution in [0.15, 0.2) is 42.5 Å².